The highest BCUT2D eigenvalue weighted by Gasteiger charge is 2.40. The number of ketones is 1. The molecule has 0 saturated heterocycles. The van der Waals surface area contributed by atoms with Gasteiger partial charge in [0.25, 0.3) is 0 Å². The van der Waals surface area contributed by atoms with E-state index in [4.69, 9.17) is 30.9 Å². The fourth-order valence-electron chi connectivity index (χ4n) is 4.67. The van der Waals surface area contributed by atoms with Crippen LogP contribution in [0.15, 0.2) is 101 Å². The molecule has 4 aromatic carbocycles. The minimum absolute atomic E-state index is 0.159. The summed E-state index contributed by atoms with van der Waals surface area (Å²) < 4.78 is 18.3. The van der Waals surface area contributed by atoms with E-state index in [0.717, 1.165) is 28.3 Å². The van der Waals surface area contributed by atoms with Gasteiger partial charge in [0.15, 0.2) is 29.3 Å². The van der Waals surface area contributed by atoms with Crippen molar-refractivity contribution in [1.82, 2.24) is 0 Å². The van der Waals surface area contributed by atoms with E-state index in [1.165, 1.54) is 6.92 Å². The Bertz CT molecular complexity index is 1560. The van der Waals surface area contributed by atoms with Gasteiger partial charge >= 0.3 is 0 Å². The summed E-state index contributed by atoms with van der Waals surface area (Å²) in [6.45, 7) is 4.29. The first-order chi connectivity index (χ1) is 19.9. The van der Waals surface area contributed by atoms with E-state index in [-0.39, 0.29) is 12.4 Å². The first-order valence-corrected chi connectivity index (χ1v) is 14.3. The van der Waals surface area contributed by atoms with E-state index in [1.54, 1.807) is 7.11 Å². The Morgan fingerprint density at radius 1 is 0.951 bits per heavy atom. The molecule has 0 saturated carbocycles. The third-order valence-corrected chi connectivity index (χ3v) is 7.51. The fraction of sp³-hybridized carbons (Fsp3) is 0.188. The van der Waals surface area contributed by atoms with Gasteiger partial charge in [-0.25, -0.2) is 5.01 Å². The lowest BCUT2D eigenvalue weighted by molar-refractivity contribution is -0.111. The van der Waals surface area contributed by atoms with Gasteiger partial charge in [-0.1, -0.05) is 48.0 Å². The number of rotatable bonds is 10. The average molecular weight is 635 g/mol. The summed E-state index contributed by atoms with van der Waals surface area (Å²) in [5, 5.41) is 7.29. The number of Topliss-reactive ketones (excluding diaryl/α,β-unsaturated/α-hetero) is 1. The van der Waals surface area contributed by atoms with E-state index in [0.29, 0.717) is 33.4 Å². The lowest BCUT2D eigenvalue weighted by Gasteiger charge is -2.32. The molecule has 0 bridgehead atoms. The zero-order valence-corrected chi connectivity index (χ0v) is 25.2. The maximum absolute atomic E-state index is 13.0. The number of nitrogens with zero attached hydrogens (tertiary/aromatic N) is 3. The molecule has 0 aromatic heterocycles. The average Bonchev–Trinajstić information content (AvgIpc) is 3.39. The van der Waals surface area contributed by atoms with Crippen molar-refractivity contribution in [2.75, 3.05) is 23.6 Å². The van der Waals surface area contributed by atoms with Crippen LogP contribution in [0.1, 0.15) is 31.1 Å². The highest BCUT2D eigenvalue weighted by molar-refractivity contribution is 9.10. The maximum atomic E-state index is 13.0. The molecule has 0 fully saturated rings. The van der Waals surface area contributed by atoms with Crippen LogP contribution in [0.25, 0.3) is 0 Å². The Hall–Kier alpha value is -4.01. The molecular weight excluding hydrogens is 606 g/mol. The van der Waals surface area contributed by atoms with Crippen molar-refractivity contribution in [2.24, 2.45) is 5.10 Å². The molecule has 1 atom stereocenters. The van der Waals surface area contributed by atoms with Crippen LogP contribution in [-0.2, 0) is 11.4 Å². The summed E-state index contributed by atoms with van der Waals surface area (Å²) >= 11 is 10.1. The molecule has 0 N–H and O–H groups in total. The highest BCUT2D eigenvalue weighted by atomic mass is 79.9. The number of benzene rings is 4. The summed E-state index contributed by atoms with van der Waals surface area (Å²) in [4.78, 5) is 14.9. The van der Waals surface area contributed by atoms with Crippen molar-refractivity contribution in [1.29, 1.82) is 0 Å². The SMILES string of the molecule is CCOc1ccc(N2C(C(C)=O)=NN(c3ccccc3)[C@@H]2c2cc(Br)c(OCc3ccccc3Cl)c(OC)c2)cc1. The largest absolute Gasteiger partial charge is 0.494 e. The second kappa shape index (κ2) is 12.7. The Kier molecular flexibility index (Phi) is 8.81. The van der Waals surface area contributed by atoms with Crippen LogP contribution in [0.3, 0.4) is 0 Å². The van der Waals surface area contributed by atoms with Crippen LogP contribution in [0.2, 0.25) is 5.02 Å². The van der Waals surface area contributed by atoms with Crippen LogP contribution in [-0.4, -0.2) is 25.3 Å². The number of carbonyl (C=O) groups is 1. The lowest BCUT2D eigenvalue weighted by Crippen LogP contribution is -2.37. The first-order valence-electron chi connectivity index (χ1n) is 13.1. The number of carbonyl (C=O) groups excluding carboxylic acids is 1. The molecule has 0 aliphatic carbocycles. The van der Waals surface area contributed by atoms with Crippen molar-refractivity contribution < 1.29 is 19.0 Å². The molecule has 1 aliphatic heterocycles. The summed E-state index contributed by atoms with van der Waals surface area (Å²) in [6.07, 6.45) is -0.503. The van der Waals surface area contributed by atoms with Crippen molar-refractivity contribution in [3.8, 4) is 17.2 Å². The minimum Gasteiger partial charge on any atom is -0.494 e. The van der Waals surface area contributed by atoms with Crippen molar-refractivity contribution in [3.05, 3.63) is 112 Å². The monoisotopic (exact) mass is 633 g/mol. The second-order valence-electron chi connectivity index (χ2n) is 9.24. The molecule has 0 unspecified atom stereocenters. The molecule has 5 rings (SSSR count). The van der Waals surface area contributed by atoms with Crippen LogP contribution >= 0.6 is 27.5 Å². The van der Waals surface area contributed by atoms with Gasteiger partial charge in [-0.2, -0.15) is 0 Å². The molecule has 0 radical (unpaired) electrons. The van der Waals surface area contributed by atoms with Gasteiger partial charge in [0.1, 0.15) is 12.4 Å². The fourth-order valence-corrected chi connectivity index (χ4v) is 5.43. The van der Waals surface area contributed by atoms with Crippen LogP contribution in [0.5, 0.6) is 17.2 Å². The van der Waals surface area contributed by atoms with Gasteiger partial charge in [-0.15, -0.1) is 5.10 Å². The molecule has 41 heavy (non-hydrogen) atoms. The van der Waals surface area contributed by atoms with E-state index in [9.17, 15) is 4.79 Å². The van der Waals surface area contributed by atoms with Crippen LogP contribution < -0.4 is 24.1 Å². The third-order valence-electron chi connectivity index (χ3n) is 6.55. The zero-order valence-electron chi connectivity index (χ0n) is 22.9. The summed E-state index contributed by atoms with van der Waals surface area (Å²) in [5.41, 5.74) is 3.31. The second-order valence-corrected chi connectivity index (χ2v) is 10.5. The maximum Gasteiger partial charge on any atom is 0.198 e. The smallest absolute Gasteiger partial charge is 0.198 e. The Balaban J connectivity index is 1.59. The number of hydrazone groups is 1. The molecule has 1 aliphatic rings. The topological polar surface area (TPSA) is 63.6 Å². The van der Waals surface area contributed by atoms with E-state index < -0.39 is 6.17 Å². The summed E-state index contributed by atoms with van der Waals surface area (Å²) in [6, 6.07) is 28.8. The van der Waals surface area contributed by atoms with Gasteiger partial charge in [-0.3, -0.25) is 9.69 Å². The number of hydrogen-bond donors (Lipinski definition) is 0. The van der Waals surface area contributed by atoms with Crippen LogP contribution in [0, 0.1) is 0 Å². The molecule has 0 amide bonds. The van der Waals surface area contributed by atoms with Gasteiger partial charge in [0.05, 0.1) is 23.9 Å². The summed E-state index contributed by atoms with van der Waals surface area (Å²) in [5.74, 6) is 1.97. The number of halogens is 2. The van der Waals surface area contributed by atoms with Gasteiger partial charge in [0.2, 0.25) is 0 Å². The van der Waals surface area contributed by atoms with Crippen LogP contribution in [0.4, 0.5) is 11.4 Å². The number of methoxy groups -OCH3 is 1. The third kappa shape index (κ3) is 6.04. The minimum atomic E-state index is -0.503. The zero-order chi connectivity index (χ0) is 28.9. The molecule has 1 heterocycles. The van der Waals surface area contributed by atoms with Gasteiger partial charge in [-0.05, 0) is 77.5 Å². The van der Waals surface area contributed by atoms with Gasteiger partial charge < -0.3 is 14.2 Å². The Labute approximate surface area is 253 Å². The molecular formula is C32H29BrClN3O4. The van der Waals surface area contributed by atoms with Crippen molar-refractivity contribution >= 4 is 50.5 Å². The molecule has 0 spiro atoms. The number of anilines is 2. The summed E-state index contributed by atoms with van der Waals surface area (Å²) in [7, 11) is 1.60. The lowest BCUT2D eigenvalue weighted by atomic mass is 10.1. The first kappa shape index (κ1) is 28.5. The highest BCUT2D eigenvalue weighted by Crippen LogP contribution is 2.45. The predicted molar refractivity (Wildman–Crippen MR) is 166 cm³/mol. The van der Waals surface area contributed by atoms with Gasteiger partial charge in [0, 0.05) is 28.8 Å². The van der Waals surface area contributed by atoms with Crippen molar-refractivity contribution in [3.63, 3.8) is 0 Å². The number of para-hydroxylation sites is 1. The number of amidine groups is 1. The number of ether oxygens (including phenoxy) is 3. The van der Waals surface area contributed by atoms with E-state index >= 15 is 0 Å². The quantitative estimate of drug-likeness (QED) is 0.176. The predicted octanol–water partition coefficient (Wildman–Crippen LogP) is 8.02. The Morgan fingerprint density at radius 2 is 1.66 bits per heavy atom. The molecule has 4 aromatic rings. The standard InChI is InChI=1S/C32H29BrClN3O4/c1-4-40-26-16-14-24(15-17-26)36-31(21(2)38)35-37(25-11-6-5-7-12-25)32(36)23-18-27(33)30(29(19-23)39-3)41-20-22-10-8-9-13-28(22)34/h5-19,32H,4,20H2,1-3H3/t32-/m1/s1. The Morgan fingerprint density at radius 3 is 2.32 bits per heavy atom. The van der Waals surface area contributed by atoms with E-state index in [2.05, 4.69) is 15.9 Å². The molecule has 7 nitrogen and oxygen atoms in total. The normalized spacial score (nSPS) is 14.6. The van der Waals surface area contributed by atoms with Crippen molar-refractivity contribution in [2.45, 2.75) is 26.6 Å². The van der Waals surface area contributed by atoms with E-state index in [1.807, 2.05) is 108 Å². The molecule has 9 heteroatoms. The number of hydrogen-bond acceptors (Lipinski definition) is 7. The molecule has 210 valence electrons.